The molecule has 0 aromatic carbocycles. The molecular weight excluding hydrogens is 196 g/mol. The molecular formula is C14H28N2. The highest BCUT2D eigenvalue weighted by Crippen LogP contribution is 2.41. The summed E-state index contributed by atoms with van der Waals surface area (Å²) in [6, 6.07) is 0. The third kappa shape index (κ3) is 2.43. The molecule has 0 spiro atoms. The molecule has 2 rings (SSSR count). The van der Waals surface area contributed by atoms with Crippen molar-refractivity contribution in [3.63, 3.8) is 0 Å². The Kier molecular flexibility index (Phi) is 3.91. The van der Waals surface area contributed by atoms with Crippen LogP contribution < -0.4 is 5.32 Å². The number of hydrogen-bond acceptors (Lipinski definition) is 2. The van der Waals surface area contributed by atoms with E-state index in [0.29, 0.717) is 5.54 Å². The van der Waals surface area contributed by atoms with E-state index in [0.717, 1.165) is 11.8 Å². The van der Waals surface area contributed by atoms with Crippen molar-refractivity contribution in [3.05, 3.63) is 0 Å². The summed E-state index contributed by atoms with van der Waals surface area (Å²) < 4.78 is 0. The summed E-state index contributed by atoms with van der Waals surface area (Å²) >= 11 is 0. The average molecular weight is 224 g/mol. The van der Waals surface area contributed by atoms with Gasteiger partial charge in [0.1, 0.15) is 0 Å². The zero-order valence-corrected chi connectivity index (χ0v) is 11.3. The lowest BCUT2D eigenvalue weighted by Crippen LogP contribution is -2.58. The van der Waals surface area contributed by atoms with Gasteiger partial charge in [-0.25, -0.2) is 0 Å². The molecule has 94 valence electrons. The summed E-state index contributed by atoms with van der Waals surface area (Å²) in [5, 5.41) is 3.48. The molecule has 1 saturated heterocycles. The Bertz CT molecular complexity index is 211. The van der Waals surface area contributed by atoms with Crippen LogP contribution in [0.25, 0.3) is 0 Å². The third-order valence-corrected chi connectivity index (χ3v) is 4.71. The summed E-state index contributed by atoms with van der Waals surface area (Å²) in [7, 11) is 0. The smallest absolute Gasteiger partial charge is 0.0213 e. The Morgan fingerprint density at radius 2 is 1.69 bits per heavy atom. The van der Waals surface area contributed by atoms with E-state index in [9.17, 15) is 0 Å². The first-order chi connectivity index (χ1) is 7.66. The maximum absolute atomic E-state index is 3.48. The molecule has 0 amide bonds. The van der Waals surface area contributed by atoms with E-state index in [1.54, 1.807) is 0 Å². The van der Waals surface area contributed by atoms with Gasteiger partial charge in [-0.1, -0.05) is 20.8 Å². The predicted molar refractivity (Wildman–Crippen MR) is 69.6 cm³/mol. The Hall–Kier alpha value is -0.0800. The van der Waals surface area contributed by atoms with Gasteiger partial charge in [-0.15, -0.1) is 0 Å². The number of piperazine rings is 1. The zero-order valence-electron chi connectivity index (χ0n) is 11.3. The van der Waals surface area contributed by atoms with Gasteiger partial charge in [0.05, 0.1) is 0 Å². The molecule has 2 fully saturated rings. The molecule has 2 heteroatoms. The van der Waals surface area contributed by atoms with Gasteiger partial charge in [0.25, 0.3) is 0 Å². The summed E-state index contributed by atoms with van der Waals surface area (Å²) in [5.74, 6) is 1.83. The minimum absolute atomic E-state index is 0.527. The van der Waals surface area contributed by atoms with Crippen LogP contribution in [-0.4, -0.2) is 36.6 Å². The van der Waals surface area contributed by atoms with Crippen molar-refractivity contribution >= 4 is 0 Å². The van der Waals surface area contributed by atoms with Gasteiger partial charge in [0.2, 0.25) is 0 Å². The molecule has 0 bridgehead atoms. The fraction of sp³-hybridized carbons (Fsp3) is 1.00. The maximum atomic E-state index is 3.48. The molecule has 1 aliphatic heterocycles. The molecule has 0 aromatic heterocycles. The lowest BCUT2D eigenvalue weighted by molar-refractivity contribution is 0.00202. The average Bonchev–Trinajstić information content (AvgIpc) is 2.29. The molecule has 0 unspecified atom stereocenters. The van der Waals surface area contributed by atoms with Crippen LogP contribution in [0.2, 0.25) is 0 Å². The lowest BCUT2D eigenvalue weighted by atomic mass is 9.69. The van der Waals surface area contributed by atoms with Gasteiger partial charge in [-0.3, -0.25) is 4.90 Å². The number of nitrogens with one attached hydrogen (secondary N) is 1. The highest BCUT2D eigenvalue weighted by molar-refractivity contribution is 4.97. The van der Waals surface area contributed by atoms with Crippen LogP contribution in [0.1, 0.15) is 46.5 Å². The fourth-order valence-corrected chi connectivity index (χ4v) is 4.14. The van der Waals surface area contributed by atoms with Crippen LogP contribution in [0.3, 0.4) is 0 Å². The molecule has 0 aromatic rings. The van der Waals surface area contributed by atoms with Crippen LogP contribution in [0.5, 0.6) is 0 Å². The van der Waals surface area contributed by atoms with Gasteiger partial charge in [-0.05, 0) is 37.5 Å². The van der Waals surface area contributed by atoms with E-state index < -0.39 is 0 Å². The number of hydrogen-bond donors (Lipinski definition) is 1. The summed E-state index contributed by atoms with van der Waals surface area (Å²) in [6.45, 7) is 12.2. The summed E-state index contributed by atoms with van der Waals surface area (Å²) in [6.07, 6.45) is 5.62. The van der Waals surface area contributed by atoms with Crippen molar-refractivity contribution in [3.8, 4) is 0 Å². The highest BCUT2D eigenvalue weighted by Gasteiger charge is 2.41. The first kappa shape index (κ1) is 12.4. The quantitative estimate of drug-likeness (QED) is 0.775. The molecule has 0 radical (unpaired) electrons. The minimum atomic E-state index is 0.527. The van der Waals surface area contributed by atoms with Gasteiger partial charge in [-0.2, -0.15) is 0 Å². The molecule has 1 saturated carbocycles. The van der Waals surface area contributed by atoms with E-state index in [4.69, 9.17) is 0 Å². The minimum Gasteiger partial charge on any atom is -0.314 e. The Morgan fingerprint density at radius 3 is 2.19 bits per heavy atom. The standard InChI is InChI=1S/C14H28N2/c1-4-14(16-7-5-15-6-8-16)10-12(2)9-13(3)11-14/h12-13,15H,4-11H2,1-3H3/t12-,13-/m0/s1. The van der Waals surface area contributed by atoms with Crippen molar-refractivity contribution in [1.82, 2.24) is 10.2 Å². The van der Waals surface area contributed by atoms with Crippen LogP contribution in [-0.2, 0) is 0 Å². The van der Waals surface area contributed by atoms with Crippen LogP contribution in [0.4, 0.5) is 0 Å². The second-order valence-corrected chi connectivity index (χ2v) is 6.17. The first-order valence-corrected chi connectivity index (χ1v) is 7.12. The Balaban J connectivity index is 2.09. The largest absolute Gasteiger partial charge is 0.314 e. The van der Waals surface area contributed by atoms with Crippen molar-refractivity contribution in [1.29, 1.82) is 0 Å². The molecule has 2 nitrogen and oxygen atoms in total. The van der Waals surface area contributed by atoms with E-state index in [-0.39, 0.29) is 0 Å². The zero-order chi connectivity index (χ0) is 11.6. The first-order valence-electron chi connectivity index (χ1n) is 7.12. The van der Waals surface area contributed by atoms with Crippen molar-refractivity contribution < 1.29 is 0 Å². The normalized spacial score (nSPS) is 42.2. The van der Waals surface area contributed by atoms with Gasteiger partial charge in [0, 0.05) is 31.7 Å². The number of rotatable bonds is 2. The maximum Gasteiger partial charge on any atom is 0.0213 e. The van der Waals surface area contributed by atoms with E-state index in [2.05, 4.69) is 31.0 Å². The SMILES string of the molecule is CCC1(N2CCNCC2)C[C@@H](C)C[C@H](C)C1. The second kappa shape index (κ2) is 5.05. The third-order valence-electron chi connectivity index (χ3n) is 4.71. The highest BCUT2D eigenvalue weighted by atomic mass is 15.2. The van der Waals surface area contributed by atoms with Gasteiger partial charge < -0.3 is 5.32 Å². The lowest BCUT2D eigenvalue weighted by Gasteiger charge is -2.51. The molecule has 1 aliphatic carbocycles. The van der Waals surface area contributed by atoms with E-state index in [1.165, 1.54) is 51.9 Å². The summed E-state index contributed by atoms with van der Waals surface area (Å²) in [5.41, 5.74) is 0.527. The van der Waals surface area contributed by atoms with E-state index >= 15 is 0 Å². The molecule has 2 aliphatic rings. The van der Waals surface area contributed by atoms with Crippen molar-refractivity contribution in [2.75, 3.05) is 26.2 Å². The summed E-state index contributed by atoms with van der Waals surface area (Å²) in [4.78, 5) is 2.79. The Labute approximate surface area is 101 Å². The predicted octanol–water partition coefficient (Wildman–Crippen LogP) is 2.50. The molecule has 16 heavy (non-hydrogen) atoms. The van der Waals surface area contributed by atoms with Crippen LogP contribution >= 0.6 is 0 Å². The fourth-order valence-electron chi connectivity index (χ4n) is 4.14. The van der Waals surface area contributed by atoms with Crippen molar-refractivity contribution in [2.24, 2.45) is 11.8 Å². The monoisotopic (exact) mass is 224 g/mol. The molecule has 2 atom stereocenters. The molecule has 1 N–H and O–H groups in total. The number of nitrogens with zero attached hydrogens (tertiary/aromatic N) is 1. The van der Waals surface area contributed by atoms with Crippen molar-refractivity contribution in [2.45, 2.75) is 52.0 Å². The van der Waals surface area contributed by atoms with Crippen LogP contribution in [0, 0.1) is 11.8 Å². The van der Waals surface area contributed by atoms with Crippen LogP contribution in [0.15, 0.2) is 0 Å². The second-order valence-electron chi connectivity index (χ2n) is 6.17. The Morgan fingerprint density at radius 1 is 1.12 bits per heavy atom. The van der Waals surface area contributed by atoms with Gasteiger partial charge >= 0.3 is 0 Å². The van der Waals surface area contributed by atoms with E-state index in [1.807, 2.05) is 0 Å². The van der Waals surface area contributed by atoms with Gasteiger partial charge in [0.15, 0.2) is 0 Å². The topological polar surface area (TPSA) is 15.3 Å². The molecule has 1 heterocycles.